The van der Waals surface area contributed by atoms with Crippen molar-refractivity contribution < 1.29 is 13.5 Å². The summed E-state index contributed by atoms with van der Waals surface area (Å²) in [4.78, 5) is 4.25. The maximum Gasteiger partial charge on any atom is 0.272 e. The van der Waals surface area contributed by atoms with Crippen molar-refractivity contribution in [2.45, 2.75) is 26.3 Å². The predicted molar refractivity (Wildman–Crippen MR) is 75.2 cm³/mol. The van der Waals surface area contributed by atoms with Crippen LogP contribution in [0.4, 0.5) is 8.78 Å². The van der Waals surface area contributed by atoms with Crippen molar-refractivity contribution in [3.8, 4) is 5.88 Å². The summed E-state index contributed by atoms with van der Waals surface area (Å²) in [7, 11) is 0. The van der Waals surface area contributed by atoms with Crippen LogP contribution in [0, 0.1) is 0 Å². The van der Waals surface area contributed by atoms with Gasteiger partial charge >= 0.3 is 0 Å². The fourth-order valence-corrected chi connectivity index (χ4v) is 1.99. The molecule has 1 N–H and O–H groups in total. The molecule has 0 spiro atoms. The van der Waals surface area contributed by atoms with Gasteiger partial charge in [-0.2, -0.15) is 0 Å². The van der Waals surface area contributed by atoms with Gasteiger partial charge in [-0.15, -0.1) is 0 Å². The van der Waals surface area contributed by atoms with E-state index in [1.54, 1.807) is 6.07 Å². The number of nitrogens with zero attached hydrogens (tertiary/aromatic N) is 1. The Morgan fingerprint density at radius 1 is 1.30 bits per heavy atom. The third-order valence-corrected chi connectivity index (χ3v) is 2.88. The van der Waals surface area contributed by atoms with E-state index in [0.29, 0.717) is 6.54 Å². The van der Waals surface area contributed by atoms with Gasteiger partial charge in [0, 0.05) is 18.0 Å². The smallest absolute Gasteiger partial charge is 0.272 e. The summed E-state index contributed by atoms with van der Waals surface area (Å²) >= 11 is 0. The van der Waals surface area contributed by atoms with Gasteiger partial charge in [0.1, 0.15) is 0 Å². The average Bonchev–Trinajstić information content (AvgIpc) is 2.45. The Balaban J connectivity index is 2.26. The molecule has 0 bridgehead atoms. The van der Waals surface area contributed by atoms with Crippen LogP contribution in [0.25, 0.3) is 10.9 Å². The van der Waals surface area contributed by atoms with Gasteiger partial charge < -0.3 is 10.1 Å². The fraction of sp³-hybridized carbons (Fsp3) is 0.400. The molecule has 108 valence electrons. The Labute approximate surface area is 117 Å². The van der Waals surface area contributed by atoms with Gasteiger partial charge in [-0.25, -0.2) is 13.8 Å². The van der Waals surface area contributed by atoms with E-state index in [2.05, 4.69) is 17.2 Å². The van der Waals surface area contributed by atoms with Crippen LogP contribution in [0.3, 0.4) is 0 Å². The van der Waals surface area contributed by atoms with Crippen molar-refractivity contribution in [1.29, 1.82) is 0 Å². The van der Waals surface area contributed by atoms with E-state index in [4.69, 9.17) is 4.74 Å². The SMILES string of the molecule is CCCNCc1cc(OCC(F)F)nc2ccccc12. The first kappa shape index (κ1) is 14.7. The molecule has 0 aliphatic carbocycles. The van der Waals surface area contributed by atoms with Gasteiger partial charge in [0.05, 0.1) is 5.52 Å². The number of hydrogen-bond acceptors (Lipinski definition) is 3. The number of pyridine rings is 1. The zero-order valence-electron chi connectivity index (χ0n) is 11.4. The fourth-order valence-electron chi connectivity index (χ4n) is 1.99. The van der Waals surface area contributed by atoms with Crippen LogP contribution in [0.2, 0.25) is 0 Å². The lowest BCUT2D eigenvalue weighted by Gasteiger charge is -2.11. The van der Waals surface area contributed by atoms with Gasteiger partial charge in [0.15, 0.2) is 6.61 Å². The molecule has 0 radical (unpaired) electrons. The standard InChI is InChI=1S/C15H18F2N2O/c1-2-7-18-9-11-8-15(20-10-14(16)17)19-13-6-4-3-5-12(11)13/h3-6,8,14,18H,2,7,9-10H2,1H3. The molecule has 5 heteroatoms. The highest BCUT2D eigenvalue weighted by Gasteiger charge is 2.09. The number of nitrogens with one attached hydrogen (secondary N) is 1. The maximum absolute atomic E-state index is 12.2. The summed E-state index contributed by atoms with van der Waals surface area (Å²) in [5.41, 5.74) is 1.76. The van der Waals surface area contributed by atoms with Crippen LogP contribution in [0.5, 0.6) is 5.88 Å². The second kappa shape index (κ2) is 7.14. The predicted octanol–water partition coefficient (Wildman–Crippen LogP) is 3.38. The van der Waals surface area contributed by atoms with Gasteiger partial charge in [-0.1, -0.05) is 25.1 Å². The average molecular weight is 280 g/mol. The van der Waals surface area contributed by atoms with Crippen molar-refractivity contribution >= 4 is 10.9 Å². The topological polar surface area (TPSA) is 34.1 Å². The Bertz CT molecular complexity index is 561. The van der Waals surface area contributed by atoms with Crippen molar-refractivity contribution in [1.82, 2.24) is 10.3 Å². The molecule has 0 atom stereocenters. The summed E-state index contributed by atoms with van der Waals surface area (Å²) in [6, 6.07) is 9.37. The highest BCUT2D eigenvalue weighted by Crippen LogP contribution is 2.22. The molecule has 0 amide bonds. The van der Waals surface area contributed by atoms with Crippen LogP contribution < -0.4 is 10.1 Å². The Kier molecular flexibility index (Phi) is 5.24. The number of para-hydroxylation sites is 1. The van der Waals surface area contributed by atoms with E-state index in [1.807, 2.05) is 24.3 Å². The molecule has 0 aliphatic rings. The van der Waals surface area contributed by atoms with E-state index in [1.165, 1.54) is 0 Å². The number of aromatic nitrogens is 1. The number of rotatable bonds is 7. The lowest BCUT2D eigenvalue weighted by atomic mass is 10.1. The van der Waals surface area contributed by atoms with Gasteiger partial charge in [-0.05, 0) is 24.6 Å². The number of fused-ring (bicyclic) bond motifs is 1. The van der Waals surface area contributed by atoms with E-state index in [0.717, 1.165) is 29.4 Å². The Hall–Kier alpha value is -1.75. The normalized spacial score (nSPS) is 11.2. The molecule has 1 aromatic heterocycles. The van der Waals surface area contributed by atoms with Crippen LogP contribution in [-0.4, -0.2) is 24.6 Å². The summed E-state index contributed by atoms with van der Waals surface area (Å²) in [5.74, 6) is 0.247. The van der Waals surface area contributed by atoms with Crippen LogP contribution in [0.15, 0.2) is 30.3 Å². The Morgan fingerprint density at radius 3 is 2.85 bits per heavy atom. The molecular formula is C15H18F2N2O. The second-order valence-corrected chi connectivity index (χ2v) is 4.52. The quantitative estimate of drug-likeness (QED) is 0.789. The van der Waals surface area contributed by atoms with Crippen molar-refractivity contribution in [3.63, 3.8) is 0 Å². The minimum Gasteiger partial charge on any atom is -0.472 e. The Morgan fingerprint density at radius 2 is 2.10 bits per heavy atom. The molecule has 2 rings (SSSR count). The summed E-state index contributed by atoms with van der Waals surface area (Å²) in [5, 5.41) is 4.32. The number of ether oxygens (including phenoxy) is 1. The molecule has 0 fully saturated rings. The van der Waals surface area contributed by atoms with Crippen LogP contribution >= 0.6 is 0 Å². The zero-order valence-corrected chi connectivity index (χ0v) is 11.4. The molecule has 20 heavy (non-hydrogen) atoms. The highest BCUT2D eigenvalue weighted by molar-refractivity contribution is 5.82. The minimum atomic E-state index is -2.50. The van der Waals surface area contributed by atoms with Crippen molar-refractivity contribution in [2.75, 3.05) is 13.2 Å². The van der Waals surface area contributed by atoms with E-state index in [9.17, 15) is 8.78 Å². The van der Waals surface area contributed by atoms with Gasteiger partial charge in [0.2, 0.25) is 5.88 Å². The lowest BCUT2D eigenvalue weighted by molar-refractivity contribution is 0.0797. The highest BCUT2D eigenvalue weighted by atomic mass is 19.3. The first-order chi connectivity index (χ1) is 9.70. The molecule has 1 heterocycles. The van der Waals surface area contributed by atoms with E-state index in [-0.39, 0.29) is 5.88 Å². The molecule has 0 saturated heterocycles. The maximum atomic E-state index is 12.2. The number of alkyl halides is 2. The molecule has 1 aromatic carbocycles. The number of halogens is 2. The summed E-state index contributed by atoms with van der Waals surface area (Å²) in [6.45, 7) is 3.04. The zero-order chi connectivity index (χ0) is 14.4. The molecule has 3 nitrogen and oxygen atoms in total. The first-order valence-corrected chi connectivity index (χ1v) is 6.71. The number of benzene rings is 1. The van der Waals surface area contributed by atoms with Crippen LogP contribution in [0.1, 0.15) is 18.9 Å². The second-order valence-electron chi connectivity index (χ2n) is 4.52. The molecule has 2 aromatic rings. The summed E-state index contributed by atoms with van der Waals surface area (Å²) in [6.07, 6.45) is -1.46. The molecule has 0 aliphatic heterocycles. The van der Waals surface area contributed by atoms with Gasteiger partial charge in [0.25, 0.3) is 6.43 Å². The first-order valence-electron chi connectivity index (χ1n) is 6.71. The van der Waals surface area contributed by atoms with Crippen molar-refractivity contribution in [3.05, 3.63) is 35.9 Å². The van der Waals surface area contributed by atoms with E-state index >= 15 is 0 Å². The molecule has 0 saturated carbocycles. The number of hydrogen-bond donors (Lipinski definition) is 1. The molecular weight excluding hydrogens is 262 g/mol. The molecule has 0 unspecified atom stereocenters. The lowest BCUT2D eigenvalue weighted by Crippen LogP contribution is -2.15. The van der Waals surface area contributed by atoms with Crippen LogP contribution in [-0.2, 0) is 6.54 Å². The van der Waals surface area contributed by atoms with E-state index < -0.39 is 13.0 Å². The third kappa shape index (κ3) is 3.87. The summed E-state index contributed by atoms with van der Waals surface area (Å²) < 4.78 is 29.5. The minimum absolute atomic E-state index is 0.247. The van der Waals surface area contributed by atoms with Crippen molar-refractivity contribution in [2.24, 2.45) is 0 Å². The largest absolute Gasteiger partial charge is 0.472 e. The van der Waals surface area contributed by atoms with Gasteiger partial charge in [-0.3, -0.25) is 0 Å². The monoisotopic (exact) mass is 280 g/mol. The third-order valence-electron chi connectivity index (χ3n) is 2.88.